The van der Waals surface area contributed by atoms with E-state index < -0.39 is 6.04 Å². The number of hydrogen-bond donors (Lipinski definition) is 2. The van der Waals surface area contributed by atoms with Crippen molar-refractivity contribution in [2.24, 2.45) is 0 Å². The SMILES string of the molecule is COc1cc(C2C3=C(CCCC3=O)Nc3nc(SCc4ccccn4)nn32)ccc1O. The molecule has 1 aliphatic heterocycles. The molecule has 0 spiro atoms. The van der Waals surface area contributed by atoms with E-state index in [1.807, 2.05) is 18.2 Å². The second-order valence-corrected chi connectivity index (χ2v) is 8.34. The van der Waals surface area contributed by atoms with Crippen molar-refractivity contribution < 1.29 is 14.6 Å². The summed E-state index contributed by atoms with van der Waals surface area (Å²) < 4.78 is 7.06. The van der Waals surface area contributed by atoms with Gasteiger partial charge in [0.05, 0.1) is 12.8 Å². The van der Waals surface area contributed by atoms with Crippen LogP contribution in [-0.2, 0) is 10.5 Å². The summed E-state index contributed by atoms with van der Waals surface area (Å²) in [5.41, 5.74) is 3.36. The lowest BCUT2D eigenvalue weighted by atomic mass is 9.85. The minimum absolute atomic E-state index is 0.0507. The van der Waals surface area contributed by atoms with E-state index in [9.17, 15) is 9.90 Å². The Hall–Kier alpha value is -3.33. The third kappa shape index (κ3) is 3.65. The topological polar surface area (TPSA) is 102 Å². The number of carbonyl (C=O) groups excluding carboxylic acids is 1. The lowest BCUT2D eigenvalue weighted by Crippen LogP contribution is -2.31. The number of Topliss-reactive ketones (excluding diaryl/α,β-unsaturated/α-hetero) is 1. The molecule has 3 aromatic rings. The number of phenols is 1. The number of anilines is 1. The smallest absolute Gasteiger partial charge is 0.227 e. The summed E-state index contributed by atoms with van der Waals surface area (Å²) in [6, 6.07) is 10.5. The molecule has 8 nitrogen and oxygen atoms in total. The first-order valence-electron chi connectivity index (χ1n) is 10.0. The number of phenolic OH excluding ortho intramolecular Hbond substituents is 1. The summed E-state index contributed by atoms with van der Waals surface area (Å²) in [6.45, 7) is 0. The Kier molecular flexibility index (Phi) is 5.11. The zero-order valence-corrected chi connectivity index (χ0v) is 17.7. The van der Waals surface area contributed by atoms with Gasteiger partial charge in [-0.25, -0.2) is 4.68 Å². The molecule has 1 aliphatic carbocycles. The van der Waals surface area contributed by atoms with Gasteiger partial charge >= 0.3 is 0 Å². The number of ether oxygens (including phenoxy) is 1. The third-order valence-corrected chi connectivity index (χ3v) is 6.31. The average molecular weight is 436 g/mol. The number of benzene rings is 1. The van der Waals surface area contributed by atoms with Gasteiger partial charge in [-0.15, -0.1) is 5.10 Å². The van der Waals surface area contributed by atoms with Crippen LogP contribution in [0.4, 0.5) is 5.95 Å². The number of pyridine rings is 1. The van der Waals surface area contributed by atoms with Crippen LogP contribution < -0.4 is 10.1 Å². The number of allylic oxidation sites excluding steroid dienone is 2. The molecular weight excluding hydrogens is 414 g/mol. The maximum Gasteiger partial charge on any atom is 0.227 e. The van der Waals surface area contributed by atoms with E-state index in [0.29, 0.717) is 34.6 Å². The highest BCUT2D eigenvalue weighted by molar-refractivity contribution is 7.98. The van der Waals surface area contributed by atoms with Crippen LogP contribution in [0, 0.1) is 0 Å². The van der Waals surface area contributed by atoms with E-state index in [4.69, 9.17) is 9.84 Å². The number of carbonyl (C=O) groups is 1. The predicted octanol–water partition coefficient (Wildman–Crippen LogP) is 3.70. The molecule has 2 aliphatic rings. The normalized spacial score (nSPS) is 17.7. The molecule has 3 heterocycles. The van der Waals surface area contributed by atoms with E-state index in [1.165, 1.54) is 18.9 Å². The Balaban J connectivity index is 1.54. The first kappa shape index (κ1) is 19.6. The van der Waals surface area contributed by atoms with E-state index in [-0.39, 0.29) is 11.5 Å². The second-order valence-electron chi connectivity index (χ2n) is 7.40. The second kappa shape index (κ2) is 8.07. The largest absolute Gasteiger partial charge is 0.504 e. The van der Waals surface area contributed by atoms with Crippen LogP contribution in [0.25, 0.3) is 0 Å². The molecule has 0 fully saturated rings. The monoisotopic (exact) mass is 435 g/mol. The number of aromatic hydroxyl groups is 1. The Morgan fingerprint density at radius 1 is 1.29 bits per heavy atom. The number of ketones is 1. The molecule has 1 atom stereocenters. The summed E-state index contributed by atoms with van der Waals surface area (Å²) in [7, 11) is 1.50. The van der Waals surface area contributed by atoms with Crippen LogP contribution >= 0.6 is 11.8 Å². The van der Waals surface area contributed by atoms with Gasteiger partial charge < -0.3 is 15.2 Å². The fourth-order valence-electron chi connectivity index (χ4n) is 3.99. The summed E-state index contributed by atoms with van der Waals surface area (Å²) in [6.07, 6.45) is 3.88. The van der Waals surface area contributed by atoms with Gasteiger partial charge in [-0.05, 0) is 42.7 Å². The van der Waals surface area contributed by atoms with Gasteiger partial charge in [-0.3, -0.25) is 9.78 Å². The quantitative estimate of drug-likeness (QED) is 0.585. The molecule has 2 aromatic heterocycles. The number of nitrogens with one attached hydrogen (secondary N) is 1. The molecule has 0 radical (unpaired) electrons. The molecule has 0 amide bonds. The maximum absolute atomic E-state index is 12.9. The Morgan fingerprint density at radius 2 is 2.19 bits per heavy atom. The summed E-state index contributed by atoms with van der Waals surface area (Å²) >= 11 is 1.49. The number of fused-ring (bicyclic) bond motifs is 1. The number of methoxy groups -OCH3 is 1. The number of hydrogen-bond acceptors (Lipinski definition) is 8. The molecule has 31 heavy (non-hydrogen) atoms. The van der Waals surface area contributed by atoms with Gasteiger partial charge in [0.2, 0.25) is 11.1 Å². The van der Waals surface area contributed by atoms with Crippen molar-refractivity contribution in [3.63, 3.8) is 0 Å². The minimum Gasteiger partial charge on any atom is -0.504 e. The van der Waals surface area contributed by atoms with Crippen molar-refractivity contribution in [3.8, 4) is 11.5 Å². The molecule has 2 N–H and O–H groups in total. The van der Waals surface area contributed by atoms with Gasteiger partial charge in [-0.2, -0.15) is 4.98 Å². The fraction of sp³-hybridized carbons (Fsp3) is 0.273. The highest BCUT2D eigenvalue weighted by Crippen LogP contribution is 2.42. The first-order chi connectivity index (χ1) is 15.1. The van der Waals surface area contributed by atoms with Crippen molar-refractivity contribution in [1.82, 2.24) is 19.7 Å². The van der Waals surface area contributed by atoms with E-state index in [0.717, 1.165) is 29.8 Å². The van der Waals surface area contributed by atoms with Gasteiger partial charge in [0.25, 0.3) is 0 Å². The van der Waals surface area contributed by atoms with Crippen molar-refractivity contribution in [2.75, 3.05) is 12.4 Å². The highest BCUT2D eigenvalue weighted by Gasteiger charge is 2.37. The summed E-state index contributed by atoms with van der Waals surface area (Å²) in [5.74, 6) is 1.76. The third-order valence-electron chi connectivity index (χ3n) is 5.44. The zero-order valence-electron chi connectivity index (χ0n) is 16.9. The first-order valence-corrected chi connectivity index (χ1v) is 11.0. The predicted molar refractivity (Wildman–Crippen MR) is 116 cm³/mol. The molecule has 158 valence electrons. The van der Waals surface area contributed by atoms with Crippen LogP contribution in [0.1, 0.15) is 36.6 Å². The summed E-state index contributed by atoms with van der Waals surface area (Å²) in [4.78, 5) is 21.9. The number of rotatable bonds is 5. The average Bonchev–Trinajstić information content (AvgIpc) is 3.20. The lowest BCUT2D eigenvalue weighted by molar-refractivity contribution is -0.116. The van der Waals surface area contributed by atoms with Crippen LogP contribution in [0.15, 0.2) is 59.0 Å². The van der Waals surface area contributed by atoms with Crippen LogP contribution in [-0.4, -0.2) is 37.7 Å². The van der Waals surface area contributed by atoms with E-state index >= 15 is 0 Å². The summed E-state index contributed by atoms with van der Waals surface area (Å²) in [5, 5.41) is 18.7. The minimum atomic E-state index is -0.426. The van der Waals surface area contributed by atoms with Crippen LogP contribution in [0.5, 0.6) is 11.5 Å². The molecular formula is C22H21N5O3S. The zero-order chi connectivity index (χ0) is 21.4. The molecule has 1 aromatic carbocycles. The van der Waals surface area contributed by atoms with Crippen molar-refractivity contribution >= 4 is 23.5 Å². The van der Waals surface area contributed by atoms with Gasteiger partial charge in [0, 0.05) is 29.6 Å². The number of nitrogens with zero attached hydrogens (tertiary/aromatic N) is 4. The standard InChI is InChI=1S/C22H21N5O3S/c1-30-18-11-13(8-9-16(18)28)20-19-15(6-4-7-17(19)29)24-21-25-22(26-27(20)21)31-12-14-5-2-3-10-23-14/h2-3,5,8-11,20,28H,4,6-7,12H2,1H3,(H,24,25,26). The van der Waals surface area contributed by atoms with Gasteiger partial charge in [0.1, 0.15) is 6.04 Å². The van der Waals surface area contributed by atoms with Crippen LogP contribution in [0.2, 0.25) is 0 Å². The molecule has 0 saturated carbocycles. The van der Waals surface area contributed by atoms with E-state index in [2.05, 4.69) is 15.3 Å². The molecule has 0 bridgehead atoms. The number of thioether (sulfide) groups is 1. The fourth-order valence-corrected chi connectivity index (χ4v) is 4.74. The Morgan fingerprint density at radius 3 is 3.00 bits per heavy atom. The van der Waals surface area contributed by atoms with Crippen molar-refractivity contribution in [3.05, 3.63) is 65.1 Å². The Bertz CT molecular complexity index is 1180. The maximum atomic E-state index is 12.9. The van der Waals surface area contributed by atoms with E-state index in [1.54, 1.807) is 29.1 Å². The number of aromatic nitrogens is 4. The van der Waals surface area contributed by atoms with Gasteiger partial charge in [-0.1, -0.05) is 23.9 Å². The molecule has 9 heteroatoms. The highest BCUT2D eigenvalue weighted by atomic mass is 32.2. The van der Waals surface area contributed by atoms with Gasteiger partial charge in [0.15, 0.2) is 17.3 Å². The molecule has 5 rings (SSSR count). The molecule has 1 unspecified atom stereocenters. The van der Waals surface area contributed by atoms with Crippen molar-refractivity contribution in [1.29, 1.82) is 0 Å². The van der Waals surface area contributed by atoms with Crippen molar-refractivity contribution in [2.45, 2.75) is 36.2 Å². The molecule has 0 saturated heterocycles. The lowest BCUT2D eigenvalue weighted by Gasteiger charge is -2.32. The van der Waals surface area contributed by atoms with Crippen LogP contribution in [0.3, 0.4) is 0 Å². The Labute approximate surface area is 183 Å².